The van der Waals surface area contributed by atoms with E-state index in [0.717, 1.165) is 5.56 Å². The van der Waals surface area contributed by atoms with Gasteiger partial charge in [-0.25, -0.2) is 4.39 Å². The first kappa shape index (κ1) is 23.1. The van der Waals surface area contributed by atoms with Crippen LogP contribution in [0.3, 0.4) is 0 Å². The molecule has 8 heteroatoms. The molecular formula is C26H25FN4O3. The summed E-state index contributed by atoms with van der Waals surface area (Å²) < 4.78 is 22.0. The van der Waals surface area contributed by atoms with Gasteiger partial charge in [0.05, 0.1) is 30.1 Å². The molecule has 34 heavy (non-hydrogen) atoms. The average Bonchev–Trinajstić information content (AvgIpc) is 3.23. The van der Waals surface area contributed by atoms with Gasteiger partial charge in [-0.05, 0) is 41.5 Å². The molecule has 0 fully saturated rings. The Bertz CT molecular complexity index is 1380. The molecular weight excluding hydrogens is 435 g/mol. The maximum Gasteiger partial charge on any atom is 0.166 e. The zero-order valence-corrected chi connectivity index (χ0v) is 19.3. The van der Waals surface area contributed by atoms with E-state index in [1.807, 2.05) is 0 Å². The predicted molar refractivity (Wildman–Crippen MR) is 128 cm³/mol. The molecule has 4 rings (SSSR count). The van der Waals surface area contributed by atoms with Crippen LogP contribution in [-0.2, 0) is 24.7 Å². The third kappa shape index (κ3) is 4.96. The summed E-state index contributed by atoms with van der Waals surface area (Å²) in [5, 5.41) is 7.86. The number of aromatic nitrogens is 3. The molecule has 1 N–H and O–H groups in total. The number of aryl methyl sites for hydroxylation is 1. The number of carbonyl (C=O) groups excluding carboxylic acids is 2. The fourth-order valence-electron chi connectivity index (χ4n) is 3.86. The van der Waals surface area contributed by atoms with E-state index in [4.69, 9.17) is 4.74 Å². The molecule has 0 aliphatic carbocycles. The lowest BCUT2D eigenvalue weighted by Gasteiger charge is -2.14. The van der Waals surface area contributed by atoms with Gasteiger partial charge in [-0.3, -0.25) is 19.3 Å². The lowest BCUT2D eigenvalue weighted by atomic mass is 10.0. The van der Waals surface area contributed by atoms with Crippen LogP contribution in [0.15, 0.2) is 55.0 Å². The Morgan fingerprint density at radius 3 is 2.56 bits per heavy atom. The Hall–Kier alpha value is -4.07. The molecule has 7 nitrogen and oxygen atoms in total. The highest BCUT2D eigenvalue weighted by Crippen LogP contribution is 2.32. The van der Waals surface area contributed by atoms with E-state index in [-0.39, 0.29) is 30.1 Å². The molecule has 0 bridgehead atoms. The Morgan fingerprint density at radius 1 is 1.09 bits per heavy atom. The van der Waals surface area contributed by atoms with Crippen LogP contribution in [0.1, 0.15) is 34.8 Å². The van der Waals surface area contributed by atoms with Gasteiger partial charge in [0, 0.05) is 49.8 Å². The number of fused-ring (bicyclic) bond motifs is 1. The first-order valence-electron chi connectivity index (χ1n) is 10.9. The maximum atomic E-state index is 14.9. The molecule has 4 aromatic rings. The summed E-state index contributed by atoms with van der Waals surface area (Å²) in [5.41, 5.74) is 3.38. The quantitative estimate of drug-likeness (QED) is 0.361. The zero-order chi connectivity index (χ0) is 24.2. The average molecular weight is 461 g/mol. The number of nitrogens with zero attached hydrogens (tertiary/aromatic N) is 3. The molecule has 2 heterocycles. The molecule has 0 saturated carbocycles. The molecule has 0 aliphatic heterocycles. The molecule has 0 atom stereocenters. The third-order valence-corrected chi connectivity index (χ3v) is 5.55. The molecule has 0 saturated heterocycles. The van der Waals surface area contributed by atoms with Crippen LogP contribution in [0.2, 0.25) is 0 Å². The van der Waals surface area contributed by atoms with Gasteiger partial charge in [-0.1, -0.05) is 13.0 Å². The first-order valence-corrected chi connectivity index (χ1v) is 10.9. The van der Waals surface area contributed by atoms with Gasteiger partial charge in [0.15, 0.2) is 5.78 Å². The minimum Gasteiger partial charge on any atom is -0.496 e. The lowest BCUT2D eigenvalue weighted by Crippen LogP contribution is -2.07. The van der Waals surface area contributed by atoms with Gasteiger partial charge in [0.1, 0.15) is 17.3 Å². The van der Waals surface area contributed by atoms with Crippen molar-refractivity contribution in [3.05, 3.63) is 77.5 Å². The normalized spacial score (nSPS) is 10.9. The van der Waals surface area contributed by atoms with Crippen molar-refractivity contribution in [3.8, 4) is 5.75 Å². The van der Waals surface area contributed by atoms with E-state index < -0.39 is 5.82 Å². The van der Waals surface area contributed by atoms with Crippen molar-refractivity contribution in [2.75, 3.05) is 12.4 Å². The van der Waals surface area contributed by atoms with Gasteiger partial charge >= 0.3 is 0 Å². The van der Waals surface area contributed by atoms with E-state index in [9.17, 15) is 14.0 Å². The van der Waals surface area contributed by atoms with Crippen LogP contribution in [0.4, 0.5) is 15.8 Å². The van der Waals surface area contributed by atoms with Crippen LogP contribution in [0.25, 0.3) is 10.9 Å². The summed E-state index contributed by atoms with van der Waals surface area (Å²) >= 11 is 0. The predicted octanol–water partition coefficient (Wildman–Crippen LogP) is 4.81. The van der Waals surface area contributed by atoms with Gasteiger partial charge in [0.2, 0.25) is 0 Å². The third-order valence-electron chi connectivity index (χ3n) is 5.55. The number of Topliss-reactive ketones (excluding diaryl/α,β-unsaturated/α-hetero) is 2. The van der Waals surface area contributed by atoms with Crippen molar-refractivity contribution in [1.29, 1.82) is 0 Å². The maximum absolute atomic E-state index is 14.9. The second-order valence-electron chi connectivity index (χ2n) is 8.06. The number of pyridine rings is 1. The van der Waals surface area contributed by atoms with Crippen molar-refractivity contribution in [3.63, 3.8) is 0 Å². The number of hydrogen-bond donors (Lipinski definition) is 1. The lowest BCUT2D eigenvalue weighted by molar-refractivity contribution is -0.117. The van der Waals surface area contributed by atoms with E-state index in [2.05, 4.69) is 15.4 Å². The van der Waals surface area contributed by atoms with Gasteiger partial charge in [-0.2, -0.15) is 5.10 Å². The number of benzene rings is 2. The minimum atomic E-state index is -0.471. The summed E-state index contributed by atoms with van der Waals surface area (Å²) in [6.07, 6.45) is 5.78. The molecule has 174 valence electrons. The summed E-state index contributed by atoms with van der Waals surface area (Å²) in [6, 6.07) is 9.86. The van der Waals surface area contributed by atoms with E-state index in [1.165, 1.54) is 13.2 Å². The van der Waals surface area contributed by atoms with Crippen molar-refractivity contribution in [2.45, 2.75) is 26.2 Å². The molecule has 0 amide bonds. The zero-order valence-electron chi connectivity index (χ0n) is 19.3. The SMILES string of the molecule is CCC(=O)c1cc2nccc(Nc3ccc(CC(=O)Cc4cnn(C)c4)cc3F)c2cc1OC. The summed E-state index contributed by atoms with van der Waals surface area (Å²) in [5.74, 6) is -0.0869. The Morgan fingerprint density at radius 2 is 1.88 bits per heavy atom. The van der Waals surface area contributed by atoms with Crippen LogP contribution in [-0.4, -0.2) is 33.4 Å². The largest absolute Gasteiger partial charge is 0.496 e. The first-order chi connectivity index (χ1) is 16.4. The fourth-order valence-corrected chi connectivity index (χ4v) is 3.86. The smallest absolute Gasteiger partial charge is 0.166 e. The Kier molecular flexibility index (Phi) is 6.67. The molecule has 0 aliphatic rings. The highest BCUT2D eigenvalue weighted by molar-refractivity contribution is 6.04. The second kappa shape index (κ2) is 9.82. The highest BCUT2D eigenvalue weighted by atomic mass is 19.1. The van der Waals surface area contributed by atoms with Crippen LogP contribution < -0.4 is 10.1 Å². The number of anilines is 2. The number of halogens is 1. The number of carbonyl (C=O) groups is 2. The van der Waals surface area contributed by atoms with Crippen molar-refractivity contribution < 1.29 is 18.7 Å². The van der Waals surface area contributed by atoms with Crippen LogP contribution in [0.5, 0.6) is 5.75 Å². The number of methoxy groups -OCH3 is 1. The van der Waals surface area contributed by atoms with Crippen molar-refractivity contribution in [2.24, 2.45) is 7.05 Å². The summed E-state index contributed by atoms with van der Waals surface area (Å²) in [6.45, 7) is 1.79. The summed E-state index contributed by atoms with van der Waals surface area (Å²) in [7, 11) is 3.30. The topological polar surface area (TPSA) is 86.1 Å². The molecule has 2 aromatic heterocycles. The van der Waals surface area contributed by atoms with Crippen LogP contribution in [0, 0.1) is 5.82 Å². The number of hydrogen-bond acceptors (Lipinski definition) is 6. The van der Waals surface area contributed by atoms with E-state index in [1.54, 1.807) is 67.6 Å². The summed E-state index contributed by atoms with van der Waals surface area (Å²) in [4.78, 5) is 29.0. The van der Waals surface area contributed by atoms with Gasteiger partial charge < -0.3 is 10.1 Å². The molecule has 0 unspecified atom stereocenters. The fraction of sp³-hybridized carbons (Fsp3) is 0.231. The van der Waals surface area contributed by atoms with E-state index in [0.29, 0.717) is 39.9 Å². The number of ketones is 2. The standard InChI is InChI=1S/C26H25FN4O3/c1-4-25(33)20-12-24-19(13-26(20)34-3)22(7-8-28-24)30-23-6-5-16(11-21(23)27)9-18(32)10-17-14-29-31(2)15-17/h5-8,11-15H,4,9-10H2,1-3H3,(H,28,30). The minimum absolute atomic E-state index is 0.0160. The Labute approximate surface area is 196 Å². The molecule has 0 spiro atoms. The van der Waals surface area contributed by atoms with E-state index >= 15 is 0 Å². The molecule has 2 aromatic carbocycles. The Balaban J connectivity index is 1.56. The van der Waals surface area contributed by atoms with Gasteiger partial charge in [-0.15, -0.1) is 0 Å². The van der Waals surface area contributed by atoms with Crippen molar-refractivity contribution >= 4 is 33.8 Å². The monoisotopic (exact) mass is 460 g/mol. The number of nitrogens with one attached hydrogen (secondary N) is 1. The van der Waals surface area contributed by atoms with Gasteiger partial charge in [0.25, 0.3) is 0 Å². The molecule has 0 radical (unpaired) electrons. The number of ether oxygens (including phenoxy) is 1. The number of rotatable bonds is 9. The highest BCUT2D eigenvalue weighted by Gasteiger charge is 2.15. The second-order valence-corrected chi connectivity index (χ2v) is 8.06. The van der Waals surface area contributed by atoms with Crippen molar-refractivity contribution in [1.82, 2.24) is 14.8 Å². The van der Waals surface area contributed by atoms with Crippen LogP contribution >= 0.6 is 0 Å².